The van der Waals surface area contributed by atoms with Crippen LogP contribution in [0.4, 0.5) is 0 Å². The Labute approximate surface area is 242 Å². The molecule has 0 aromatic carbocycles. The fraction of sp³-hybridized carbons (Fsp3) is 0.784. The van der Waals surface area contributed by atoms with E-state index >= 15 is 0 Å². The van der Waals surface area contributed by atoms with Gasteiger partial charge in [-0.15, -0.1) is 0 Å². The molecule has 0 aliphatic rings. The van der Waals surface area contributed by atoms with Crippen LogP contribution in [0, 0.1) is 0 Å². The Hall–Kier alpha value is -1.08. The monoisotopic (exact) mass is 530 g/mol. The van der Waals surface area contributed by atoms with Crippen molar-refractivity contribution in [2.24, 2.45) is 5.73 Å². The third-order valence-corrected chi connectivity index (χ3v) is 7.55. The third-order valence-electron chi connectivity index (χ3n) is 7.55. The molecule has 1 nitrogen and oxygen atoms in total. The Bertz CT molecular complexity index is 500. The van der Waals surface area contributed by atoms with E-state index in [-0.39, 0.29) is 1.43 Å². The molecule has 0 radical (unpaired) electrons. The molecule has 2 N–H and O–H groups in total. The first-order valence-corrected chi connectivity index (χ1v) is 17.2. The average Bonchev–Trinajstić information content (AvgIpc) is 2.92. The van der Waals surface area contributed by atoms with Gasteiger partial charge in [-0.05, 0) is 77.0 Å². The van der Waals surface area contributed by atoms with Gasteiger partial charge in [0.05, 0.1) is 0 Å². The number of hydrogen-bond donors (Lipinski definition) is 1. The Morgan fingerprint density at radius 1 is 0.395 bits per heavy atom. The molecular formula is C37H71N. The summed E-state index contributed by atoms with van der Waals surface area (Å²) in [5.74, 6) is 0. The molecule has 0 unspecified atom stereocenters. The summed E-state index contributed by atoms with van der Waals surface area (Å²) in [4.78, 5) is 0. The van der Waals surface area contributed by atoms with Crippen molar-refractivity contribution >= 4 is 0 Å². The maximum absolute atomic E-state index is 6.37. The van der Waals surface area contributed by atoms with E-state index in [9.17, 15) is 0 Å². The Morgan fingerprint density at radius 3 is 1.03 bits per heavy atom. The maximum atomic E-state index is 6.37. The first-order chi connectivity index (χ1) is 18.8. The molecule has 0 aliphatic carbocycles. The van der Waals surface area contributed by atoms with Gasteiger partial charge < -0.3 is 5.73 Å². The van der Waals surface area contributed by atoms with Gasteiger partial charge in [0.15, 0.2) is 0 Å². The molecule has 0 bridgehead atoms. The number of rotatable bonds is 30. The number of hydrogen-bond acceptors (Lipinski definition) is 1. The highest BCUT2D eigenvalue weighted by Crippen LogP contribution is 2.14. The molecule has 1 heteroatoms. The largest absolute Gasteiger partial charge is 0.328 e. The van der Waals surface area contributed by atoms with Crippen LogP contribution in [-0.4, -0.2) is 6.04 Å². The summed E-state index contributed by atoms with van der Waals surface area (Å²) in [5, 5.41) is 0. The molecule has 0 saturated heterocycles. The predicted octanol–water partition coefficient (Wildman–Crippen LogP) is 13.0. The molecular weight excluding hydrogens is 458 g/mol. The highest BCUT2D eigenvalue weighted by molar-refractivity contribution is 4.93. The summed E-state index contributed by atoms with van der Waals surface area (Å²) in [7, 11) is 0. The summed E-state index contributed by atoms with van der Waals surface area (Å²) >= 11 is 0. The normalized spacial score (nSPS) is 12.5. The van der Waals surface area contributed by atoms with Gasteiger partial charge in [0.25, 0.3) is 0 Å². The molecule has 0 atom stereocenters. The lowest BCUT2D eigenvalue weighted by molar-refractivity contribution is 0.482. The molecule has 224 valence electrons. The van der Waals surface area contributed by atoms with Crippen molar-refractivity contribution in [1.29, 1.82) is 0 Å². The van der Waals surface area contributed by atoms with Crippen LogP contribution in [0.15, 0.2) is 48.6 Å². The van der Waals surface area contributed by atoms with Crippen LogP contribution in [0.3, 0.4) is 0 Å². The first-order valence-electron chi connectivity index (χ1n) is 17.2. The molecule has 0 heterocycles. The fourth-order valence-corrected chi connectivity index (χ4v) is 4.93. The van der Waals surface area contributed by atoms with Gasteiger partial charge in [0.1, 0.15) is 0 Å². The Morgan fingerprint density at radius 2 is 0.684 bits per heavy atom. The lowest BCUT2D eigenvalue weighted by atomic mass is 10.0. The van der Waals surface area contributed by atoms with Gasteiger partial charge in [-0.3, -0.25) is 0 Å². The molecule has 0 aromatic heterocycles. The van der Waals surface area contributed by atoms with Gasteiger partial charge in [-0.2, -0.15) is 0 Å². The SMILES string of the molecule is CCCCC/C=C\C/C=C\CCCCCCCCC(N)CCCCCCCC/C=C\C/C=C\CCCCC.[HH]. The smallest absolute Gasteiger partial charge is 0.00388 e. The Balaban J connectivity index is 0. The van der Waals surface area contributed by atoms with Gasteiger partial charge in [-0.1, -0.05) is 152 Å². The predicted molar refractivity (Wildman–Crippen MR) is 178 cm³/mol. The van der Waals surface area contributed by atoms with Gasteiger partial charge in [0, 0.05) is 7.47 Å². The molecule has 0 aliphatic heterocycles. The molecule has 0 rings (SSSR count). The van der Waals surface area contributed by atoms with E-state index in [2.05, 4.69) is 62.5 Å². The summed E-state index contributed by atoms with van der Waals surface area (Å²) in [6.07, 6.45) is 53.0. The minimum absolute atomic E-state index is 0. The molecule has 0 fully saturated rings. The third kappa shape index (κ3) is 32.9. The second-order valence-corrected chi connectivity index (χ2v) is 11.5. The van der Waals surface area contributed by atoms with Crippen molar-refractivity contribution in [3.05, 3.63) is 48.6 Å². The quantitative estimate of drug-likeness (QED) is 0.0726. The molecule has 0 saturated carbocycles. The summed E-state index contributed by atoms with van der Waals surface area (Å²) in [5.41, 5.74) is 6.37. The van der Waals surface area contributed by atoms with E-state index in [1.165, 1.54) is 154 Å². The zero-order chi connectivity index (χ0) is 27.6. The minimum atomic E-state index is 0. The number of nitrogens with two attached hydrogens (primary N) is 1. The van der Waals surface area contributed by atoms with E-state index in [1.54, 1.807) is 0 Å². The van der Waals surface area contributed by atoms with Crippen molar-refractivity contribution in [3.63, 3.8) is 0 Å². The summed E-state index contributed by atoms with van der Waals surface area (Å²) < 4.78 is 0. The highest BCUT2D eigenvalue weighted by Gasteiger charge is 2.02. The minimum Gasteiger partial charge on any atom is -0.328 e. The number of allylic oxidation sites excluding steroid dienone is 8. The highest BCUT2D eigenvalue weighted by atomic mass is 14.6. The lowest BCUT2D eigenvalue weighted by Crippen LogP contribution is -2.19. The van der Waals surface area contributed by atoms with Crippen molar-refractivity contribution < 1.29 is 1.43 Å². The van der Waals surface area contributed by atoms with Crippen LogP contribution in [0.1, 0.15) is 182 Å². The van der Waals surface area contributed by atoms with E-state index in [1.807, 2.05) is 0 Å². The zero-order valence-corrected chi connectivity index (χ0v) is 26.2. The van der Waals surface area contributed by atoms with Crippen LogP contribution < -0.4 is 5.73 Å². The van der Waals surface area contributed by atoms with Crippen LogP contribution >= 0.6 is 0 Å². The molecule has 0 aromatic rings. The molecule has 0 spiro atoms. The van der Waals surface area contributed by atoms with Crippen LogP contribution in [0.5, 0.6) is 0 Å². The van der Waals surface area contributed by atoms with E-state index < -0.39 is 0 Å². The van der Waals surface area contributed by atoms with Crippen LogP contribution in [0.2, 0.25) is 0 Å². The van der Waals surface area contributed by atoms with Gasteiger partial charge >= 0.3 is 0 Å². The maximum Gasteiger partial charge on any atom is 0.00388 e. The second-order valence-electron chi connectivity index (χ2n) is 11.5. The van der Waals surface area contributed by atoms with Crippen LogP contribution in [0.25, 0.3) is 0 Å². The summed E-state index contributed by atoms with van der Waals surface area (Å²) in [6.45, 7) is 4.53. The van der Waals surface area contributed by atoms with E-state index in [0.29, 0.717) is 6.04 Å². The summed E-state index contributed by atoms with van der Waals surface area (Å²) in [6, 6.07) is 0.437. The second kappa shape index (κ2) is 33.9. The van der Waals surface area contributed by atoms with E-state index in [4.69, 9.17) is 5.73 Å². The fourth-order valence-electron chi connectivity index (χ4n) is 4.93. The first kappa shape index (κ1) is 36.9. The van der Waals surface area contributed by atoms with E-state index in [0.717, 1.165) is 12.8 Å². The lowest BCUT2D eigenvalue weighted by Gasteiger charge is -2.11. The number of unbranched alkanes of at least 4 members (excludes halogenated alkanes) is 18. The van der Waals surface area contributed by atoms with Crippen molar-refractivity contribution in [3.8, 4) is 0 Å². The van der Waals surface area contributed by atoms with Crippen molar-refractivity contribution in [2.75, 3.05) is 0 Å². The van der Waals surface area contributed by atoms with Crippen LogP contribution in [-0.2, 0) is 0 Å². The Kier molecular flexibility index (Phi) is 33.0. The standard InChI is InChI=1S/C37H69N.H2/c1-3-5-7-9-11-13-15-17-19-21-23-25-27-29-31-33-35-37(38)36-34-32-30-28-26-24-22-20-18-16-14-12-10-8-6-4-2;/h11-14,17-20,37H,3-10,15-16,21-36,38H2,1-2H3;1H/b13-11-,14-12-,19-17-,20-18-;. The van der Waals surface area contributed by atoms with Crippen molar-refractivity contribution in [2.45, 2.75) is 187 Å². The van der Waals surface area contributed by atoms with Crippen molar-refractivity contribution in [1.82, 2.24) is 0 Å². The molecule has 38 heavy (non-hydrogen) atoms. The topological polar surface area (TPSA) is 26.0 Å². The molecule has 0 amide bonds. The van der Waals surface area contributed by atoms with Gasteiger partial charge in [0.2, 0.25) is 0 Å². The average molecular weight is 530 g/mol. The van der Waals surface area contributed by atoms with Gasteiger partial charge in [-0.25, -0.2) is 0 Å². The zero-order valence-electron chi connectivity index (χ0n) is 26.2.